The molecule has 1 unspecified atom stereocenters. The van der Waals surface area contributed by atoms with Crippen LogP contribution in [0.15, 0.2) is 71.9 Å². The van der Waals surface area contributed by atoms with Crippen molar-refractivity contribution in [2.45, 2.75) is 45.3 Å². The van der Waals surface area contributed by atoms with E-state index >= 15 is 0 Å². The van der Waals surface area contributed by atoms with Crippen molar-refractivity contribution >= 4 is 39.9 Å². The van der Waals surface area contributed by atoms with Gasteiger partial charge in [0, 0.05) is 0 Å². The zero-order valence-corrected chi connectivity index (χ0v) is 19.0. The third-order valence-electron chi connectivity index (χ3n) is 5.06. The maximum absolute atomic E-state index is 4.92. The molecule has 0 saturated carbocycles. The van der Waals surface area contributed by atoms with E-state index in [1.807, 2.05) is 33.8 Å². The first-order valence-electron chi connectivity index (χ1n) is 10.7. The Bertz CT molecular complexity index is 1180. The third kappa shape index (κ3) is 3.14. The highest BCUT2D eigenvalue weighted by Crippen LogP contribution is 2.50. The second kappa shape index (κ2) is 8.44. The van der Waals surface area contributed by atoms with E-state index < -0.39 is 0 Å². The summed E-state index contributed by atoms with van der Waals surface area (Å²) in [5, 5.41) is 4.68. The van der Waals surface area contributed by atoms with E-state index in [9.17, 15) is 0 Å². The van der Waals surface area contributed by atoms with Crippen LogP contribution >= 0.6 is 11.8 Å². The van der Waals surface area contributed by atoms with Gasteiger partial charge in [-0.3, -0.25) is 4.57 Å². The second-order valence-electron chi connectivity index (χ2n) is 6.71. The van der Waals surface area contributed by atoms with Crippen LogP contribution in [-0.2, 0) is 0 Å². The summed E-state index contributed by atoms with van der Waals surface area (Å²) in [5.41, 5.74) is 8.29. The van der Waals surface area contributed by atoms with E-state index in [0.29, 0.717) is 0 Å². The highest BCUT2D eigenvalue weighted by molar-refractivity contribution is 8.00. The number of anilines is 3. The first-order valence-corrected chi connectivity index (χ1v) is 11.6. The van der Waals surface area contributed by atoms with Gasteiger partial charge < -0.3 is 10.2 Å². The number of rotatable bonds is 0. The lowest BCUT2D eigenvalue weighted by molar-refractivity contribution is 0.925. The molecule has 3 heterocycles. The molecule has 6 rings (SSSR count). The zero-order valence-electron chi connectivity index (χ0n) is 18.2. The first-order chi connectivity index (χ1) is 14.8. The fourth-order valence-corrected chi connectivity index (χ4v) is 5.07. The van der Waals surface area contributed by atoms with Gasteiger partial charge in [-0.25, -0.2) is 4.98 Å². The van der Waals surface area contributed by atoms with Crippen LogP contribution in [-0.4, -0.2) is 15.0 Å². The van der Waals surface area contributed by atoms with Crippen molar-refractivity contribution in [1.82, 2.24) is 9.55 Å². The third-order valence-corrected chi connectivity index (χ3v) is 6.09. The molecule has 0 saturated heterocycles. The summed E-state index contributed by atoms with van der Waals surface area (Å²) >= 11 is 1.76. The minimum atomic E-state index is 0.0889. The van der Waals surface area contributed by atoms with E-state index in [2.05, 4.69) is 82.4 Å². The van der Waals surface area contributed by atoms with E-state index in [0.717, 1.165) is 16.2 Å². The van der Waals surface area contributed by atoms with E-state index in [-0.39, 0.29) is 5.50 Å². The minimum absolute atomic E-state index is 0.0889. The monoisotopic (exact) mass is 416 g/mol. The fraction of sp³-hybridized carbons (Fsp3) is 0.240. The molecule has 1 atom stereocenters. The maximum atomic E-state index is 4.92. The molecule has 1 N–H and O–H groups in total. The van der Waals surface area contributed by atoms with Crippen LogP contribution in [0.1, 0.15) is 33.3 Å². The van der Waals surface area contributed by atoms with Gasteiger partial charge >= 0.3 is 0 Å². The molecule has 0 amide bonds. The minimum Gasteiger partial charge on any atom is -0.354 e. The molecule has 4 nitrogen and oxygen atoms in total. The highest BCUT2D eigenvalue weighted by atomic mass is 32.2. The molecular formula is C25H28N4S. The summed E-state index contributed by atoms with van der Waals surface area (Å²) in [6, 6.07) is 23.5. The lowest BCUT2D eigenvalue weighted by Crippen LogP contribution is -2.28. The smallest absolute Gasteiger partial charge is 0.177 e. The number of fused-ring (bicyclic) bond motifs is 9. The molecule has 0 radical (unpaired) electrons. The zero-order chi connectivity index (χ0) is 21.3. The molecule has 5 heteroatoms. The van der Waals surface area contributed by atoms with Gasteiger partial charge in [-0.1, -0.05) is 58.0 Å². The first kappa shape index (κ1) is 20.4. The summed E-state index contributed by atoms with van der Waals surface area (Å²) in [5.74, 6) is 0. The Morgan fingerprint density at radius 1 is 0.833 bits per heavy atom. The van der Waals surface area contributed by atoms with Crippen LogP contribution in [0.25, 0.3) is 16.7 Å². The molecule has 0 fully saturated rings. The second-order valence-corrected chi connectivity index (χ2v) is 7.76. The van der Waals surface area contributed by atoms with Crippen molar-refractivity contribution in [2.24, 2.45) is 0 Å². The number of aromatic nitrogens is 2. The van der Waals surface area contributed by atoms with Crippen LogP contribution in [0, 0.1) is 6.92 Å². The SMILES string of the molecule is CC.CC.Cc1ccc2c(c1)N1c3ccccc3NC1Sc1nc3ccccc3n1-2. The molecule has 0 spiro atoms. The lowest BCUT2D eigenvalue weighted by Gasteiger charge is -2.25. The number of hydrogen-bond donors (Lipinski definition) is 1. The van der Waals surface area contributed by atoms with Crippen molar-refractivity contribution in [3.63, 3.8) is 0 Å². The quantitative estimate of drug-likeness (QED) is 0.325. The predicted molar refractivity (Wildman–Crippen MR) is 130 cm³/mol. The Balaban J connectivity index is 0.000000516. The van der Waals surface area contributed by atoms with Gasteiger partial charge in [0.1, 0.15) is 0 Å². The number of benzene rings is 3. The van der Waals surface area contributed by atoms with Gasteiger partial charge in [-0.2, -0.15) is 0 Å². The summed E-state index contributed by atoms with van der Waals surface area (Å²) in [4.78, 5) is 7.31. The van der Waals surface area contributed by atoms with Crippen LogP contribution in [0.2, 0.25) is 0 Å². The summed E-state index contributed by atoms with van der Waals surface area (Å²) in [6.07, 6.45) is 0. The summed E-state index contributed by atoms with van der Waals surface area (Å²) in [7, 11) is 0. The molecule has 2 aliphatic heterocycles. The predicted octanol–water partition coefficient (Wildman–Crippen LogP) is 7.34. The summed E-state index contributed by atoms with van der Waals surface area (Å²) < 4.78 is 2.29. The Morgan fingerprint density at radius 2 is 1.57 bits per heavy atom. The van der Waals surface area contributed by atoms with Crippen molar-refractivity contribution in [3.05, 3.63) is 72.3 Å². The highest BCUT2D eigenvalue weighted by Gasteiger charge is 2.36. The van der Waals surface area contributed by atoms with E-state index in [1.54, 1.807) is 11.8 Å². The van der Waals surface area contributed by atoms with Crippen LogP contribution in [0.5, 0.6) is 0 Å². The number of nitrogens with zero attached hydrogens (tertiary/aromatic N) is 3. The van der Waals surface area contributed by atoms with Gasteiger partial charge in [-0.15, -0.1) is 0 Å². The molecule has 2 aliphatic rings. The molecule has 1 aromatic heterocycles. The number of aryl methyl sites for hydroxylation is 1. The topological polar surface area (TPSA) is 33.1 Å². The van der Waals surface area contributed by atoms with Crippen LogP contribution in [0.3, 0.4) is 0 Å². The molecule has 154 valence electrons. The van der Waals surface area contributed by atoms with Crippen LogP contribution in [0.4, 0.5) is 17.1 Å². The number of hydrogen-bond acceptors (Lipinski definition) is 4. The number of imidazole rings is 1. The molecule has 0 aliphatic carbocycles. The van der Waals surface area contributed by atoms with Crippen LogP contribution < -0.4 is 10.2 Å². The fourth-order valence-electron chi connectivity index (χ4n) is 3.90. The molecule has 4 aromatic rings. The van der Waals surface area contributed by atoms with Gasteiger partial charge in [0.05, 0.1) is 33.8 Å². The number of thioether (sulfide) groups is 1. The summed E-state index contributed by atoms with van der Waals surface area (Å²) in [6.45, 7) is 10.1. The number of para-hydroxylation sites is 4. The lowest BCUT2D eigenvalue weighted by atomic mass is 10.1. The van der Waals surface area contributed by atoms with Gasteiger partial charge in [0.15, 0.2) is 10.7 Å². The normalized spacial score (nSPS) is 15.2. The van der Waals surface area contributed by atoms with E-state index in [4.69, 9.17) is 4.98 Å². The van der Waals surface area contributed by atoms with Gasteiger partial charge in [-0.05, 0) is 60.6 Å². The average Bonchev–Trinajstić information content (AvgIpc) is 3.31. The molecular weight excluding hydrogens is 388 g/mol. The largest absolute Gasteiger partial charge is 0.354 e. The standard InChI is InChI=1S/C21H16N4S.2C2H6/c1-13-10-11-18-19(12-13)25-17-9-5-3-7-15(17)23-21(25)26-20-22-14-6-2-4-8-16(14)24(18)20;2*1-2/h2-12,21,23H,1H3;2*1-2H3. The molecule has 30 heavy (non-hydrogen) atoms. The van der Waals surface area contributed by atoms with Gasteiger partial charge in [0.25, 0.3) is 0 Å². The Hall–Kier alpha value is -2.92. The molecule has 3 aromatic carbocycles. The van der Waals surface area contributed by atoms with E-state index in [1.165, 1.54) is 28.3 Å². The van der Waals surface area contributed by atoms with Crippen molar-refractivity contribution in [3.8, 4) is 5.69 Å². The number of nitrogens with one attached hydrogen (secondary N) is 1. The van der Waals surface area contributed by atoms with Gasteiger partial charge in [0.2, 0.25) is 0 Å². The average molecular weight is 417 g/mol. The maximum Gasteiger partial charge on any atom is 0.177 e. The molecule has 0 bridgehead atoms. The Morgan fingerprint density at radius 3 is 2.40 bits per heavy atom. The Labute approximate surface area is 182 Å². The van der Waals surface area contributed by atoms with Crippen molar-refractivity contribution < 1.29 is 0 Å². The van der Waals surface area contributed by atoms with Crippen molar-refractivity contribution in [2.75, 3.05) is 10.2 Å². The van der Waals surface area contributed by atoms with Crippen molar-refractivity contribution in [1.29, 1.82) is 0 Å². The Kier molecular flexibility index (Phi) is 5.73.